The minimum atomic E-state index is -0.106. The summed E-state index contributed by atoms with van der Waals surface area (Å²) in [5.41, 5.74) is 3.58. The van der Waals surface area contributed by atoms with E-state index in [9.17, 15) is 4.79 Å². The molecule has 0 bridgehead atoms. The van der Waals surface area contributed by atoms with Gasteiger partial charge in [0.1, 0.15) is 5.69 Å². The van der Waals surface area contributed by atoms with Crippen LogP contribution in [0.2, 0.25) is 0 Å². The number of pyridine rings is 1. The van der Waals surface area contributed by atoms with E-state index in [1.807, 2.05) is 61.1 Å². The number of amides is 1. The zero-order chi connectivity index (χ0) is 20.2. The standard InChI is InChI=1S/C22H25N5OS/c1-16-20(21(25-26(16)2)27-13-5-6-14-27)24-22(28)18-10-8-17(9-11-18)15-29-19-7-3-4-12-23-19/h3-4,7-12H,5-6,13-15H2,1-2H3,(H,24,28). The molecule has 0 unspecified atom stereocenters. The van der Waals surface area contributed by atoms with Gasteiger partial charge in [-0.05, 0) is 49.6 Å². The Morgan fingerprint density at radius 3 is 2.59 bits per heavy atom. The molecule has 7 heteroatoms. The van der Waals surface area contributed by atoms with Gasteiger partial charge in [-0.15, -0.1) is 11.8 Å². The third kappa shape index (κ3) is 4.45. The Kier molecular flexibility index (Phi) is 5.85. The molecule has 29 heavy (non-hydrogen) atoms. The first-order valence-electron chi connectivity index (χ1n) is 9.84. The maximum absolute atomic E-state index is 12.9. The summed E-state index contributed by atoms with van der Waals surface area (Å²) < 4.78 is 1.83. The normalized spacial score (nSPS) is 13.7. The zero-order valence-electron chi connectivity index (χ0n) is 16.8. The van der Waals surface area contributed by atoms with Crippen LogP contribution in [-0.2, 0) is 12.8 Å². The number of rotatable bonds is 6. The molecule has 150 valence electrons. The molecule has 0 spiro atoms. The molecule has 6 nitrogen and oxygen atoms in total. The van der Waals surface area contributed by atoms with Crippen LogP contribution in [0, 0.1) is 6.92 Å². The number of carbonyl (C=O) groups excluding carboxylic acids is 1. The van der Waals surface area contributed by atoms with Crippen LogP contribution in [0.25, 0.3) is 0 Å². The number of nitrogens with zero attached hydrogens (tertiary/aromatic N) is 4. The Hall–Kier alpha value is -2.80. The summed E-state index contributed by atoms with van der Waals surface area (Å²) >= 11 is 1.68. The number of hydrogen-bond acceptors (Lipinski definition) is 5. The molecule has 0 saturated carbocycles. The van der Waals surface area contributed by atoms with E-state index in [4.69, 9.17) is 0 Å². The Morgan fingerprint density at radius 1 is 1.14 bits per heavy atom. The summed E-state index contributed by atoms with van der Waals surface area (Å²) in [5.74, 6) is 1.59. The largest absolute Gasteiger partial charge is 0.353 e. The number of anilines is 2. The van der Waals surface area contributed by atoms with Gasteiger partial charge in [-0.2, -0.15) is 5.10 Å². The number of carbonyl (C=O) groups is 1. The van der Waals surface area contributed by atoms with E-state index in [2.05, 4.69) is 20.3 Å². The van der Waals surface area contributed by atoms with Crippen molar-refractivity contribution in [3.63, 3.8) is 0 Å². The van der Waals surface area contributed by atoms with Crippen LogP contribution in [0.4, 0.5) is 11.5 Å². The molecule has 0 radical (unpaired) electrons. The van der Waals surface area contributed by atoms with Crippen molar-refractivity contribution in [3.05, 3.63) is 65.5 Å². The van der Waals surface area contributed by atoms with Crippen LogP contribution in [0.5, 0.6) is 0 Å². The molecule has 1 saturated heterocycles. The molecule has 3 heterocycles. The van der Waals surface area contributed by atoms with E-state index in [0.717, 1.165) is 46.6 Å². The van der Waals surface area contributed by atoms with Crippen molar-refractivity contribution in [2.24, 2.45) is 7.05 Å². The Morgan fingerprint density at radius 2 is 1.90 bits per heavy atom. The second-order valence-electron chi connectivity index (χ2n) is 7.21. The summed E-state index contributed by atoms with van der Waals surface area (Å²) in [7, 11) is 1.92. The minimum Gasteiger partial charge on any atom is -0.353 e. The lowest BCUT2D eigenvalue weighted by atomic mass is 10.1. The second kappa shape index (κ2) is 8.69. The van der Waals surface area contributed by atoms with Crippen LogP contribution in [0.1, 0.15) is 34.5 Å². The predicted molar refractivity (Wildman–Crippen MR) is 118 cm³/mol. The molecule has 0 atom stereocenters. The van der Waals surface area contributed by atoms with Crippen molar-refractivity contribution in [2.75, 3.05) is 23.3 Å². The Bertz CT molecular complexity index is 978. The average molecular weight is 408 g/mol. The lowest BCUT2D eigenvalue weighted by Crippen LogP contribution is -2.21. The highest BCUT2D eigenvalue weighted by Crippen LogP contribution is 2.31. The second-order valence-corrected chi connectivity index (χ2v) is 8.21. The third-order valence-corrected chi connectivity index (χ3v) is 6.22. The van der Waals surface area contributed by atoms with E-state index in [1.165, 1.54) is 12.8 Å². The molecular formula is C22H25N5OS. The molecule has 2 aromatic heterocycles. The maximum atomic E-state index is 12.9. The fourth-order valence-electron chi connectivity index (χ4n) is 3.42. The highest BCUT2D eigenvalue weighted by Gasteiger charge is 2.23. The molecule has 1 aliphatic rings. The van der Waals surface area contributed by atoms with Crippen molar-refractivity contribution in [1.82, 2.24) is 14.8 Å². The number of aromatic nitrogens is 3. The van der Waals surface area contributed by atoms with Gasteiger partial charge in [0.2, 0.25) is 0 Å². The first-order valence-corrected chi connectivity index (χ1v) is 10.8. The van der Waals surface area contributed by atoms with Crippen molar-refractivity contribution < 1.29 is 4.79 Å². The fraction of sp³-hybridized carbons (Fsp3) is 0.318. The molecule has 1 aromatic carbocycles. The van der Waals surface area contributed by atoms with Gasteiger partial charge in [0.25, 0.3) is 5.91 Å². The summed E-state index contributed by atoms with van der Waals surface area (Å²) in [6.45, 7) is 3.96. The molecule has 1 fully saturated rings. The van der Waals surface area contributed by atoms with Crippen molar-refractivity contribution >= 4 is 29.2 Å². The van der Waals surface area contributed by atoms with Crippen molar-refractivity contribution in [3.8, 4) is 0 Å². The molecule has 1 N–H and O–H groups in total. The summed E-state index contributed by atoms with van der Waals surface area (Å²) in [5, 5.41) is 8.71. The zero-order valence-corrected chi connectivity index (χ0v) is 17.6. The van der Waals surface area contributed by atoms with Gasteiger partial charge in [0.05, 0.1) is 10.7 Å². The molecular weight excluding hydrogens is 382 g/mol. The van der Waals surface area contributed by atoms with Crippen LogP contribution in [0.3, 0.4) is 0 Å². The van der Waals surface area contributed by atoms with Crippen molar-refractivity contribution in [1.29, 1.82) is 0 Å². The van der Waals surface area contributed by atoms with Gasteiger partial charge in [0.15, 0.2) is 5.82 Å². The smallest absolute Gasteiger partial charge is 0.255 e. The number of aryl methyl sites for hydroxylation is 1. The number of benzene rings is 1. The van der Waals surface area contributed by atoms with E-state index in [1.54, 1.807) is 18.0 Å². The van der Waals surface area contributed by atoms with Crippen LogP contribution in [-0.4, -0.2) is 33.8 Å². The van der Waals surface area contributed by atoms with Crippen LogP contribution >= 0.6 is 11.8 Å². The van der Waals surface area contributed by atoms with Gasteiger partial charge in [-0.1, -0.05) is 18.2 Å². The van der Waals surface area contributed by atoms with E-state index in [-0.39, 0.29) is 5.91 Å². The van der Waals surface area contributed by atoms with E-state index < -0.39 is 0 Å². The van der Waals surface area contributed by atoms with Crippen LogP contribution < -0.4 is 10.2 Å². The molecule has 1 amide bonds. The maximum Gasteiger partial charge on any atom is 0.255 e. The Balaban J connectivity index is 1.44. The van der Waals surface area contributed by atoms with Gasteiger partial charge in [-0.25, -0.2) is 4.98 Å². The van der Waals surface area contributed by atoms with Crippen LogP contribution in [0.15, 0.2) is 53.7 Å². The third-order valence-electron chi connectivity index (χ3n) is 5.20. The average Bonchev–Trinajstić information content (AvgIpc) is 3.38. The van der Waals surface area contributed by atoms with Gasteiger partial charge in [0, 0.05) is 37.7 Å². The predicted octanol–water partition coefficient (Wildman–Crippen LogP) is 4.27. The quantitative estimate of drug-likeness (QED) is 0.619. The minimum absolute atomic E-state index is 0.106. The Labute approximate surface area is 175 Å². The van der Waals surface area contributed by atoms with Gasteiger partial charge in [-0.3, -0.25) is 9.48 Å². The lowest BCUT2D eigenvalue weighted by Gasteiger charge is -2.16. The summed E-state index contributed by atoms with van der Waals surface area (Å²) in [6, 6.07) is 13.7. The summed E-state index contributed by atoms with van der Waals surface area (Å²) in [4.78, 5) is 19.4. The number of hydrogen-bond donors (Lipinski definition) is 1. The van der Waals surface area contributed by atoms with Gasteiger partial charge >= 0.3 is 0 Å². The molecule has 1 aliphatic heterocycles. The number of nitrogens with one attached hydrogen (secondary N) is 1. The molecule has 3 aromatic rings. The van der Waals surface area contributed by atoms with Gasteiger partial charge < -0.3 is 10.2 Å². The first-order chi connectivity index (χ1) is 14.1. The van der Waals surface area contributed by atoms with E-state index >= 15 is 0 Å². The SMILES string of the molecule is Cc1c(NC(=O)c2ccc(CSc3ccccn3)cc2)c(N2CCCC2)nn1C. The fourth-order valence-corrected chi connectivity index (χ4v) is 4.23. The molecule has 4 rings (SSSR count). The monoisotopic (exact) mass is 407 g/mol. The van der Waals surface area contributed by atoms with Crippen molar-refractivity contribution in [2.45, 2.75) is 30.5 Å². The van der Waals surface area contributed by atoms with E-state index in [0.29, 0.717) is 5.56 Å². The first kappa shape index (κ1) is 19.5. The number of thioether (sulfide) groups is 1. The topological polar surface area (TPSA) is 63.1 Å². The highest BCUT2D eigenvalue weighted by molar-refractivity contribution is 7.98. The molecule has 0 aliphatic carbocycles. The highest BCUT2D eigenvalue weighted by atomic mass is 32.2. The lowest BCUT2D eigenvalue weighted by molar-refractivity contribution is 0.102. The summed E-state index contributed by atoms with van der Waals surface area (Å²) in [6.07, 6.45) is 4.13.